The van der Waals surface area contributed by atoms with Crippen LogP contribution in [0, 0.1) is 0 Å². The van der Waals surface area contributed by atoms with Gasteiger partial charge < -0.3 is 10.6 Å². The van der Waals surface area contributed by atoms with Crippen LogP contribution in [0.2, 0.25) is 0 Å². The van der Waals surface area contributed by atoms with E-state index in [1.165, 1.54) is 0 Å². The monoisotopic (exact) mass is 305 g/mol. The molecule has 0 saturated carbocycles. The predicted molar refractivity (Wildman–Crippen MR) is 81.2 cm³/mol. The second-order valence-corrected chi connectivity index (χ2v) is 4.56. The van der Waals surface area contributed by atoms with Gasteiger partial charge in [0.2, 0.25) is 5.91 Å². The van der Waals surface area contributed by atoms with Gasteiger partial charge in [0, 0.05) is 25.0 Å². The van der Waals surface area contributed by atoms with Crippen molar-refractivity contribution in [3.63, 3.8) is 0 Å². The van der Waals surface area contributed by atoms with Crippen LogP contribution >= 0.6 is 24.8 Å². The largest absolute Gasteiger partial charge is 0.352 e. The fraction of sp³-hybridized carbons (Fsp3) is 0.538. The van der Waals surface area contributed by atoms with E-state index in [4.69, 9.17) is 0 Å². The van der Waals surface area contributed by atoms with Crippen molar-refractivity contribution in [2.24, 2.45) is 0 Å². The SMILES string of the molecule is CC(C(=O)N[C@H]1CCCNC1)c1cccnc1.Cl.Cl. The minimum Gasteiger partial charge on any atom is -0.352 e. The average molecular weight is 306 g/mol. The number of amides is 1. The number of halogens is 2. The Hall–Kier alpha value is -0.840. The fourth-order valence-electron chi connectivity index (χ4n) is 2.08. The summed E-state index contributed by atoms with van der Waals surface area (Å²) < 4.78 is 0. The smallest absolute Gasteiger partial charge is 0.227 e. The van der Waals surface area contributed by atoms with Gasteiger partial charge in [-0.3, -0.25) is 9.78 Å². The van der Waals surface area contributed by atoms with Crippen LogP contribution in [0.4, 0.5) is 0 Å². The van der Waals surface area contributed by atoms with Gasteiger partial charge in [0.1, 0.15) is 0 Å². The van der Waals surface area contributed by atoms with Gasteiger partial charge >= 0.3 is 0 Å². The Morgan fingerprint density at radius 3 is 2.89 bits per heavy atom. The lowest BCUT2D eigenvalue weighted by Gasteiger charge is -2.25. The number of carbonyl (C=O) groups is 1. The first-order valence-corrected chi connectivity index (χ1v) is 6.18. The second-order valence-electron chi connectivity index (χ2n) is 4.56. The first kappa shape index (κ1) is 18.2. The van der Waals surface area contributed by atoms with E-state index >= 15 is 0 Å². The number of nitrogens with zero attached hydrogens (tertiary/aromatic N) is 1. The molecule has 0 spiro atoms. The zero-order chi connectivity index (χ0) is 12.1. The molecule has 108 valence electrons. The van der Waals surface area contributed by atoms with E-state index in [0.717, 1.165) is 31.5 Å². The zero-order valence-electron chi connectivity index (χ0n) is 11.0. The summed E-state index contributed by atoms with van der Waals surface area (Å²) in [6, 6.07) is 4.08. The fourth-order valence-corrected chi connectivity index (χ4v) is 2.08. The standard InChI is InChI=1S/C13H19N3O.2ClH/c1-10(11-4-2-6-14-8-11)13(17)16-12-5-3-7-15-9-12;;/h2,4,6,8,10,12,15H,3,5,7,9H2,1H3,(H,16,17);2*1H/t10?,12-;;/m0../s1. The first-order chi connectivity index (χ1) is 8.27. The zero-order valence-corrected chi connectivity index (χ0v) is 12.6. The Kier molecular flexibility index (Phi) is 8.72. The molecule has 4 nitrogen and oxygen atoms in total. The third-order valence-corrected chi connectivity index (χ3v) is 3.22. The van der Waals surface area contributed by atoms with E-state index in [2.05, 4.69) is 15.6 Å². The molecular weight excluding hydrogens is 285 g/mol. The van der Waals surface area contributed by atoms with E-state index in [-0.39, 0.29) is 42.7 Å². The molecule has 1 aliphatic heterocycles. The van der Waals surface area contributed by atoms with E-state index in [9.17, 15) is 4.79 Å². The van der Waals surface area contributed by atoms with Crippen molar-refractivity contribution in [3.8, 4) is 0 Å². The van der Waals surface area contributed by atoms with Crippen LogP contribution in [-0.2, 0) is 4.79 Å². The number of hydrogen-bond donors (Lipinski definition) is 2. The number of carbonyl (C=O) groups excluding carboxylic acids is 1. The Labute approximate surface area is 126 Å². The molecule has 2 heterocycles. The third-order valence-electron chi connectivity index (χ3n) is 3.22. The average Bonchev–Trinajstić information content (AvgIpc) is 2.40. The molecule has 1 fully saturated rings. The van der Waals surface area contributed by atoms with Crippen molar-refractivity contribution in [1.29, 1.82) is 0 Å². The normalized spacial score (nSPS) is 19.5. The van der Waals surface area contributed by atoms with E-state index in [1.54, 1.807) is 12.4 Å². The van der Waals surface area contributed by atoms with Crippen LogP contribution in [0.5, 0.6) is 0 Å². The highest BCUT2D eigenvalue weighted by Crippen LogP contribution is 2.14. The van der Waals surface area contributed by atoms with E-state index in [0.29, 0.717) is 0 Å². The maximum absolute atomic E-state index is 12.0. The Morgan fingerprint density at radius 1 is 1.53 bits per heavy atom. The van der Waals surface area contributed by atoms with Crippen molar-refractivity contribution >= 4 is 30.7 Å². The van der Waals surface area contributed by atoms with Gasteiger partial charge in [0.25, 0.3) is 0 Å². The number of nitrogens with one attached hydrogen (secondary N) is 2. The molecule has 0 radical (unpaired) electrons. The predicted octanol–water partition coefficient (Wildman–Crippen LogP) is 1.90. The first-order valence-electron chi connectivity index (χ1n) is 6.18. The highest BCUT2D eigenvalue weighted by Gasteiger charge is 2.20. The van der Waals surface area contributed by atoms with Crippen molar-refractivity contribution in [2.45, 2.75) is 31.7 Å². The molecule has 6 heteroatoms. The second kappa shape index (κ2) is 9.13. The Morgan fingerprint density at radius 2 is 2.32 bits per heavy atom. The summed E-state index contributed by atoms with van der Waals surface area (Å²) in [5, 5.41) is 6.38. The van der Waals surface area contributed by atoms with Crippen LogP contribution in [-0.4, -0.2) is 30.0 Å². The molecule has 1 amide bonds. The number of pyridine rings is 1. The summed E-state index contributed by atoms with van der Waals surface area (Å²) in [6.45, 7) is 3.86. The van der Waals surface area contributed by atoms with Crippen LogP contribution in [0.1, 0.15) is 31.2 Å². The van der Waals surface area contributed by atoms with Gasteiger partial charge in [-0.25, -0.2) is 0 Å². The van der Waals surface area contributed by atoms with Crippen LogP contribution < -0.4 is 10.6 Å². The molecule has 1 unspecified atom stereocenters. The summed E-state index contributed by atoms with van der Waals surface area (Å²) in [7, 11) is 0. The van der Waals surface area contributed by atoms with Crippen molar-refractivity contribution in [2.75, 3.05) is 13.1 Å². The lowest BCUT2D eigenvalue weighted by atomic mass is 10.0. The Balaban J connectivity index is 0.00000162. The number of hydrogen-bond acceptors (Lipinski definition) is 3. The summed E-state index contributed by atoms with van der Waals surface area (Å²) in [5.74, 6) is -0.0441. The summed E-state index contributed by atoms with van der Waals surface area (Å²) in [4.78, 5) is 16.1. The molecular formula is C13H21Cl2N3O. The lowest BCUT2D eigenvalue weighted by Crippen LogP contribution is -2.46. The highest BCUT2D eigenvalue weighted by atomic mass is 35.5. The maximum atomic E-state index is 12.0. The van der Waals surface area contributed by atoms with Crippen LogP contribution in [0.3, 0.4) is 0 Å². The minimum atomic E-state index is -0.134. The minimum absolute atomic E-state index is 0. The van der Waals surface area contributed by atoms with Crippen molar-refractivity contribution < 1.29 is 4.79 Å². The topological polar surface area (TPSA) is 54.0 Å². The molecule has 0 aliphatic carbocycles. The molecule has 2 atom stereocenters. The molecule has 1 aromatic rings. The molecule has 2 rings (SSSR count). The van der Waals surface area contributed by atoms with E-state index < -0.39 is 0 Å². The molecule has 0 bridgehead atoms. The summed E-state index contributed by atoms with van der Waals surface area (Å²) in [5.41, 5.74) is 0.966. The molecule has 1 saturated heterocycles. The quantitative estimate of drug-likeness (QED) is 0.897. The maximum Gasteiger partial charge on any atom is 0.227 e. The van der Waals surface area contributed by atoms with Crippen LogP contribution in [0.25, 0.3) is 0 Å². The molecule has 2 N–H and O–H groups in total. The summed E-state index contributed by atoms with van der Waals surface area (Å²) >= 11 is 0. The van der Waals surface area contributed by atoms with Gasteiger partial charge in [-0.1, -0.05) is 6.07 Å². The van der Waals surface area contributed by atoms with Gasteiger partial charge in [-0.2, -0.15) is 0 Å². The highest BCUT2D eigenvalue weighted by molar-refractivity contribution is 5.85. The van der Waals surface area contributed by atoms with Gasteiger partial charge in [-0.05, 0) is 37.9 Å². The number of piperidine rings is 1. The lowest BCUT2D eigenvalue weighted by molar-refractivity contribution is -0.123. The summed E-state index contributed by atoms with van der Waals surface area (Å²) in [6.07, 6.45) is 5.67. The van der Waals surface area contributed by atoms with Gasteiger partial charge in [0.05, 0.1) is 5.92 Å². The molecule has 19 heavy (non-hydrogen) atoms. The van der Waals surface area contributed by atoms with Gasteiger partial charge in [-0.15, -0.1) is 24.8 Å². The molecule has 0 aromatic carbocycles. The van der Waals surface area contributed by atoms with Gasteiger partial charge in [0.15, 0.2) is 0 Å². The third kappa shape index (κ3) is 5.35. The number of rotatable bonds is 3. The van der Waals surface area contributed by atoms with E-state index in [1.807, 2.05) is 19.1 Å². The molecule has 1 aliphatic rings. The Bertz CT molecular complexity index is 369. The van der Waals surface area contributed by atoms with Crippen LogP contribution in [0.15, 0.2) is 24.5 Å². The molecule has 1 aromatic heterocycles. The van der Waals surface area contributed by atoms with Crippen molar-refractivity contribution in [3.05, 3.63) is 30.1 Å². The number of aromatic nitrogens is 1. The van der Waals surface area contributed by atoms with Crippen molar-refractivity contribution in [1.82, 2.24) is 15.6 Å².